The molecule has 2 aromatic rings. The number of aromatic nitrogens is 5. The fourth-order valence-electron chi connectivity index (χ4n) is 2.85. The highest BCUT2D eigenvalue weighted by atomic mass is 16.2. The van der Waals surface area contributed by atoms with Gasteiger partial charge in [0.05, 0.1) is 17.7 Å². The molecule has 1 aliphatic rings. The zero-order valence-corrected chi connectivity index (χ0v) is 12.2. The van der Waals surface area contributed by atoms with Crippen molar-refractivity contribution in [1.82, 2.24) is 30.5 Å². The molecule has 0 aromatic carbocycles. The number of nitrogens with zero attached hydrogens (tertiary/aromatic N) is 5. The topological polar surface area (TPSA) is 85.6 Å². The molecule has 0 unspecified atom stereocenters. The van der Waals surface area contributed by atoms with Crippen molar-refractivity contribution in [3.63, 3.8) is 0 Å². The van der Waals surface area contributed by atoms with E-state index in [1.165, 1.54) is 5.56 Å². The molecule has 0 fully saturated rings. The number of carbonyl (C=O) groups excluding carboxylic acids is 1. The molecule has 0 bridgehead atoms. The van der Waals surface area contributed by atoms with E-state index in [0.717, 1.165) is 25.0 Å². The number of nitrogens with one attached hydrogen (secondary N) is 1. The maximum atomic E-state index is 12.5. The number of fused-ring (bicyclic) bond motifs is 1. The van der Waals surface area contributed by atoms with Crippen molar-refractivity contribution < 1.29 is 4.79 Å². The summed E-state index contributed by atoms with van der Waals surface area (Å²) in [5.74, 6) is 0.448. The van der Waals surface area contributed by atoms with E-state index >= 15 is 0 Å². The summed E-state index contributed by atoms with van der Waals surface area (Å²) < 4.78 is 1.57. The number of hydrogen-bond acceptors (Lipinski definition) is 5. The van der Waals surface area contributed by atoms with E-state index < -0.39 is 0 Å². The van der Waals surface area contributed by atoms with Gasteiger partial charge in [0, 0.05) is 13.2 Å². The average Bonchev–Trinajstić information content (AvgIpc) is 2.92. The van der Waals surface area contributed by atoms with Gasteiger partial charge >= 0.3 is 0 Å². The van der Waals surface area contributed by atoms with E-state index in [9.17, 15) is 4.79 Å². The van der Waals surface area contributed by atoms with E-state index in [2.05, 4.69) is 31.9 Å². The minimum absolute atomic E-state index is 0.00912. The maximum Gasteiger partial charge on any atom is 0.229 e. The fraction of sp³-hybridized carbons (Fsp3) is 0.500. The molecule has 1 N–H and O–H groups in total. The van der Waals surface area contributed by atoms with Crippen LogP contribution in [0.4, 0.5) is 0 Å². The molecule has 0 saturated heterocycles. The molecular weight excluding hydrogens is 268 g/mol. The van der Waals surface area contributed by atoms with Gasteiger partial charge in [-0.25, -0.2) is 4.68 Å². The lowest BCUT2D eigenvalue weighted by molar-refractivity contribution is -0.123. The first-order chi connectivity index (χ1) is 10.2. The van der Waals surface area contributed by atoms with Gasteiger partial charge in [0.1, 0.15) is 0 Å². The van der Waals surface area contributed by atoms with Gasteiger partial charge in [-0.2, -0.15) is 0 Å². The first-order valence-electron chi connectivity index (χ1n) is 7.13. The van der Waals surface area contributed by atoms with Crippen molar-refractivity contribution in [2.45, 2.75) is 38.1 Å². The Morgan fingerprint density at radius 2 is 2.38 bits per heavy atom. The van der Waals surface area contributed by atoms with Gasteiger partial charge < -0.3 is 5.32 Å². The minimum Gasteiger partial charge on any atom is -0.346 e. The molecule has 0 saturated carbocycles. The monoisotopic (exact) mass is 286 g/mol. The predicted molar refractivity (Wildman–Crippen MR) is 75.3 cm³/mol. The second-order valence-corrected chi connectivity index (χ2v) is 5.38. The number of hydrogen-bond donors (Lipinski definition) is 1. The van der Waals surface area contributed by atoms with Crippen molar-refractivity contribution in [2.24, 2.45) is 7.05 Å². The Bertz CT molecular complexity index is 652. The lowest BCUT2D eigenvalue weighted by atomic mass is 9.86. The van der Waals surface area contributed by atoms with Crippen LogP contribution in [0.2, 0.25) is 0 Å². The van der Waals surface area contributed by atoms with Crippen LogP contribution in [0, 0.1) is 0 Å². The molecule has 7 heteroatoms. The second-order valence-electron chi connectivity index (χ2n) is 5.38. The highest BCUT2D eigenvalue weighted by Crippen LogP contribution is 2.30. The van der Waals surface area contributed by atoms with Crippen LogP contribution in [0.5, 0.6) is 0 Å². The van der Waals surface area contributed by atoms with Crippen molar-refractivity contribution in [2.75, 3.05) is 0 Å². The molecule has 1 aliphatic carbocycles. The molecule has 0 spiro atoms. The average molecular weight is 286 g/mol. The normalized spacial score (nSPS) is 18.9. The summed E-state index contributed by atoms with van der Waals surface area (Å²) in [6.07, 6.45) is 4.59. The van der Waals surface area contributed by atoms with Gasteiger partial charge in [0.15, 0.2) is 5.82 Å². The molecule has 7 nitrogen and oxygen atoms in total. The molecule has 1 amide bonds. The third-order valence-corrected chi connectivity index (χ3v) is 3.91. The van der Waals surface area contributed by atoms with E-state index in [1.807, 2.05) is 13.0 Å². The quantitative estimate of drug-likeness (QED) is 0.906. The molecule has 0 radical (unpaired) electrons. The molecule has 2 heterocycles. The second kappa shape index (κ2) is 5.59. The number of rotatable bonds is 3. The van der Waals surface area contributed by atoms with Crippen molar-refractivity contribution >= 4 is 5.91 Å². The Morgan fingerprint density at radius 1 is 1.52 bits per heavy atom. The summed E-state index contributed by atoms with van der Waals surface area (Å²) in [5.41, 5.74) is 2.08. The predicted octanol–water partition coefficient (Wildman–Crippen LogP) is 0.902. The summed E-state index contributed by atoms with van der Waals surface area (Å²) >= 11 is 0. The van der Waals surface area contributed by atoms with Gasteiger partial charge in [0.2, 0.25) is 5.91 Å². The number of pyridine rings is 1. The van der Waals surface area contributed by atoms with Crippen LogP contribution in [0.3, 0.4) is 0 Å². The van der Waals surface area contributed by atoms with Crippen molar-refractivity contribution in [3.05, 3.63) is 35.4 Å². The Balaban J connectivity index is 1.76. The summed E-state index contributed by atoms with van der Waals surface area (Å²) in [6.45, 7) is 1.88. The van der Waals surface area contributed by atoms with Crippen molar-refractivity contribution in [1.29, 1.82) is 0 Å². The highest BCUT2D eigenvalue weighted by molar-refractivity contribution is 5.84. The molecule has 110 valence electrons. The van der Waals surface area contributed by atoms with E-state index in [0.29, 0.717) is 5.82 Å². The van der Waals surface area contributed by atoms with Crippen LogP contribution in [0.1, 0.15) is 48.8 Å². The van der Waals surface area contributed by atoms with Gasteiger partial charge in [-0.15, -0.1) is 5.10 Å². The van der Waals surface area contributed by atoms with E-state index in [1.54, 1.807) is 17.9 Å². The summed E-state index contributed by atoms with van der Waals surface area (Å²) in [4.78, 5) is 17.0. The first-order valence-corrected chi connectivity index (χ1v) is 7.13. The minimum atomic E-state index is -0.230. The third-order valence-electron chi connectivity index (χ3n) is 3.91. The van der Waals surface area contributed by atoms with Crippen LogP contribution >= 0.6 is 0 Å². The standard InChI is InChI=1S/C14H18N6O/c1-9(13-17-18-19-20(13)2)16-14(21)11-7-3-5-10-6-4-8-15-12(10)11/h4,6,8-9,11H,3,5,7H2,1-2H3,(H,16,21)/t9-,11-/m0/s1. The van der Waals surface area contributed by atoms with Gasteiger partial charge in [0.25, 0.3) is 0 Å². The lowest BCUT2D eigenvalue weighted by Gasteiger charge is -2.24. The van der Waals surface area contributed by atoms with Gasteiger partial charge in [-0.1, -0.05) is 6.07 Å². The third kappa shape index (κ3) is 2.63. The Labute approximate surface area is 122 Å². The Hall–Kier alpha value is -2.31. The van der Waals surface area contributed by atoms with Crippen LogP contribution in [0.25, 0.3) is 0 Å². The summed E-state index contributed by atoms with van der Waals surface area (Å²) in [7, 11) is 1.76. The van der Waals surface area contributed by atoms with E-state index in [4.69, 9.17) is 0 Å². The highest BCUT2D eigenvalue weighted by Gasteiger charge is 2.29. The SMILES string of the molecule is C[C@H](NC(=O)[C@H]1CCCc2cccnc21)c1nnnn1C. The Kier molecular flexibility index (Phi) is 3.64. The van der Waals surface area contributed by atoms with Crippen LogP contribution < -0.4 is 5.32 Å². The smallest absolute Gasteiger partial charge is 0.229 e. The molecule has 2 atom stereocenters. The van der Waals surface area contributed by atoms with Crippen molar-refractivity contribution in [3.8, 4) is 0 Å². The zero-order chi connectivity index (χ0) is 14.8. The fourth-order valence-corrected chi connectivity index (χ4v) is 2.85. The molecule has 0 aliphatic heterocycles. The number of amides is 1. The van der Waals surface area contributed by atoms with E-state index in [-0.39, 0.29) is 17.9 Å². The molecule has 21 heavy (non-hydrogen) atoms. The molecule has 2 aromatic heterocycles. The van der Waals surface area contributed by atoms with Crippen LogP contribution in [-0.2, 0) is 18.3 Å². The summed E-state index contributed by atoms with van der Waals surface area (Å²) in [6, 6.07) is 3.75. The van der Waals surface area contributed by atoms with Crippen LogP contribution in [0.15, 0.2) is 18.3 Å². The first kappa shape index (κ1) is 13.7. The Morgan fingerprint density at radius 3 is 3.14 bits per heavy atom. The number of aryl methyl sites for hydroxylation is 2. The van der Waals surface area contributed by atoms with Crippen LogP contribution in [-0.4, -0.2) is 31.1 Å². The van der Waals surface area contributed by atoms with Gasteiger partial charge in [-0.3, -0.25) is 9.78 Å². The summed E-state index contributed by atoms with van der Waals surface area (Å²) in [5, 5.41) is 14.3. The van der Waals surface area contributed by atoms with Gasteiger partial charge in [-0.05, 0) is 48.2 Å². The largest absolute Gasteiger partial charge is 0.346 e. The molecule has 3 rings (SSSR count). The number of carbonyl (C=O) groups is 1. The zero-order valence-electron chi connectivity index (χ0n) is 12.2. The molecular formula is C14H18N6O. The maximum absolute atomic E-state index is 12.5. The lowest BCUT2D eigenvalue weighted by Crippen LogP contribution is -2.34. The number of tetrazole rings is 1.